The smallest absolute Gasteiger partial charge is 0.120 e. The van der Waals surface area contributed by atoms with Crippen molar-refractivity contribution in [2.24, 2.45) is 5.73 Å². The van der Waals surface area contributed by atoms with Crippen molar-refractivity contribution in [2.45, 2.75) is 6.92 Å². The molecule has 0 saturated carbocycles. The summed E-state index contributed by atoms with van der Waals surface area (Å²) in [5.74, 6) is 0.809. The molecule has 0 aliphatic rings. The third-order valence-corrected chi connectivity index (χ3v) is 2.32. The summed E-state index contributed by atoms with van der Waals surface area (Å²) in [6.45, 7) is 2.98. The maximum Gasteiger partial charge on any atom is 0.120 e. The van der Waals surface area contributed by atoms with Crippen LogP contribution in [0.4, 0.5) is 0 Å². The third-order valence-electron chi connectivity index (χ3n) is 2.32. The molecular formula is C13H15N3O. The topological polar surface area (TPSA) is 61.0 Å². The van der Waals surface area contributed by atoms with Gasteiger partial charge in [0, 0.05) is 17.8 Å². The minimum atomic E-state index is 0.511. The van der Waals surface area contributed by atoms with E-state index < -0.39 is 0 Å². The normalized spacial score (nSPS) is 10.2. The molecule has 0 bridgehead atoms. The molecule has 0 unspecified atom stereocenters. The van der Waals surface area contributed by atoms with Gasteiger partial charge in [0.05, 0.1) is 5.69 Å². The van der Waals surface area contributed by atoms with Crippen molar-refractivity contribution >= 4 is 0 Å². The summed E-state index contributed by atoms with van der Waals surface area (Å²) in [6.07, 6.45) is 1.57. The molecular weight excluding hydrogens is 214 g/mol. The predicted octanol–water partition coefficient (Wildman–Crippen LogP) is 1.79. The van der Waals surface area contributed by atoms with Gasteiger partial charge in [-0.3, -0.25) is 0 Å². The zero-order valence-electron chi connectivity index (χ0n) is 9.76. The SMILES string of the molecule is Cc1cc(-c2cccc(OCCN)c2)ncn1. The number of nitrogens with zero attached hydrogens (tertiary/aromatic N) is 2. The lowest BCUT2D eigenvalue weighted by Crippen LogP contribution is -2.10. The van der Waals surface area contributed by atoms with Crippen LogP contribution in [-0.2, 0) is 0 Å². The Balaban J connectivity index is 2.26. The fourth-order valence-corrected chi connectivity index (χ4v) is 1.53. The minimum absolute atomic E-state index is 0.511. The number of aromatic nitrogens is 2. The van der Waals surface area contributed by atoms with Crippen LogP contribution in [0.15, 0.2) is 36.7 Å². The standard InChI is InChI=1S/C13H15N3O/c1-10-7-13(16-9-15-10)11-3-2-4-12(8-11)17-6-5-14/h2-4,7-9H,5-6,14H2,1H3. The molecule has 0 fully saturated rings. The highest BCUT2D eigenvalue weighted by atomic mass is 16.5. The second-order valence-electron chi connectivity index (χ2n) is 3.71. The predicted molar refractivity (Wildman–Crippen MR) is 66.8 cm³/mol. The van der Waals surface area contributed by atoms with Crippen molar-refractivity contribution in [1.29, 1.82) is 0 Å². The fraction of sp³-hybridized carbons (Fsp3) is 0.231. The van der Waals surface area contributed by atoms with Gasteiger partial charge in [-0.2, -0.15) is 0 Å². The first kappa shape index (κ1) is 11.5. The van der Waals surface area contributed by atoms with Crippen molar-refractivity contribution in [3.8, 4) is 17.0 Å². The first-order valence-electron chi connectivity index (χ1n) is 5.51. The highest BCUT2D eigenvalue weighted by Crippen LogP contribution is 2.22. The van der Waals surface area contributed by atoms with Gasteiger partial charge in [-0.15, -0.1) is 0 Å². The number of hydrogen-bond donors (Lipinski definition) is 1. The minimum Gasteiger partial charge on any atom is -0.492 e. The third kappa shape index (κ3) is 3.01. The van der Waals surface area contributed by atoms with E-state index in [1.165, 1.54) is 0 Å². The van der Waals surface area contributed by atoms with Crippen molar-refractivity contribution in [2.75, 3.05) is 13.2 Å². The van der Waals surface area contributed by atoms with Crippen LogP contribution in [0.2, 0.25) is 0 Å². The molecule has 1 aromatic heterocycles. The van der Waals surface area contributed by atoms with Gasteiger partial charge < -0.3 is 10.5 Å². The van der Waals surface area contributed by atoms with E-state index in [4.69, 9.17) is 10.5 Å². The van der Waals surface area contributed by atoms with Gasteiger partial charge in [0.1, 0.15) is 18.7 Å². The lowest BCUT2D eigenvalue weighted by atomic mass is 10.1. The van der Waals surface area contributed by atoms with E-state index in [1.54, 1.807) is 6.33 Å². The molecule has 4 heteroatoms. The van der Waals surface area contributed by atoms with Gasteiger partial charge in [0.25, 0.3) is 0 Å². The number of rotatable bonds is 4. The van der Waals surface area contributed by atoms with E-state index in [0.717, 1.165) is 22.7 Å². The molecule has 4 nitrogen and oxygen atoms in total. The highest BCUT2D eigenvalue weighted by Gasteiger charge is 2.01. The quantitative estimate of drug-likeness (QED) is 0.868. The zero-order valence-corrected chi connectivity index (χ0v) is 9.76. The van der Waals surface area contributed by atoms with Gasteiger partial charge in [-0.25, -0.2) is 9.97 Å². The number of nitrogens with two attached hydrogens (primary N) is 1. The second kappa shape index (κ2) is 5.41. The summed E-state index contributed by atoms with van der Waals surface area (Å²) in [5.41, 5.74) is 8.26. The summed E-state index contributed by atoms with van der Waals surface area (Å²) in [7, 11) is 0. The number of hydrogen-bond acceptors (Lipinski definition) is 4. The molecule has 2 N–H and O–H groups in total. The van der Waals surface area contributed by atoms with Crippen LogP contribution in [0.1, 0.15) is 5.69 Å². The maximum atomic E-state index is 5.48. The Morgan fingerprint density at radius 2 is 2.12 bits per heavy atom. The molecule has 0 atom stereocenters. The van der Waals surface area contributed by atoms with Gasteiger partial charge in [-0.1, -0.05) is 12.1 Å². The molecule has 17 heavy (non-hydrogen) atoms. The summed E-state index contributed by atoms with van der Waals surface area (Å²) >= 11 is 0. The van der Waals surface area contributed by atoms with Crippen molar-refractivity contribution in [3.63, 3.8) is 0 Å². The monoisotopic (exact) mass is 229 g/mol. The molecule has 0 aliphatic carbocycles. The van der Waals surface area contributed by atoms with Crippen LogP contribution in [-0.4, -0.2) is 23.1 Å². The van der Waals surface area contributed by atoms with Crippen molar-refractivity contribution < 1.29 is 4.74 Å². The molecule has 1 aromatic carbocycles. The van der Waals surface area contributed by atoms with Crippen LogP contribution >= 0.6 is 0 Å². The summed E-state index contributed by atoms with van der Waals surface area (Å²) in [4.78, 5) is 8.32. The van der Waals surface area contributed by atoms with Crippen LogP contribution in [0.5, 0.6) is 5.75 Å². The van der Waals surface area contributed by atoms with E-state index in [-0.39, 0.29) is 0 Å². The first-order chi connectivity index (χ1) is 8.29. The van der Waals surface area contributed by atoms with E-state index in [0.29, 0.717) is 13.2 Å². The van der Waals surface area contributed by atoms with Gasteiger partial charge in [-0.05, 0) is 25.1 Å². The Kier molecular flexibility index (Phi) is 3.67. The average Bonchev–Trinajstić information content (AvgIpc) is 2.37. The first-order valence-corrected chi connectivity index (χ1v) is 5.51. The van der Waals surface area contributed by atoms with E-state index in [2.05, 4.69) is 9.97 Å². The van der Waals surface area contributed by atoms with Gasteiger partial charge in [0.15, 0.2) is 0 Å². The van der Waals surface area contributed by atoms with Crippen LogP contribution in [0.3, 0.4) is 0 Å². The Morgan fingerprint density at radius 3 is 2.88 bits per heavy atom. The summed E-state index contributed by atoms with van der Waals surface area (Å²) < 4.78 is 5.48. The molecule has 0 saturated heterocycles. The lowest BCUT2D eigenvalue weighted by molar-refractivity contribution is 0.328. The van der Waals surface area contributed by atoms with Crippen molar-refractivity contribution in [3.05, 3.63) is 42.4 Å². The molecule has 2 rings (SSSR count). The number of aryl methyl sites for hydroxylation is 1. The second-order valence-corrected chi connectivity index (χ2v) is 3.71. The largest absolute Gasteiger partial charge is 0.492 e. The van der Waals surface area contributed by atoms with Crippen LogP contribution < -0.4 is 10.5 Å². The Hall–Kier alpha value is -1.94. The summed E-state index contributed by atoms with van der Waals surface area (Å²) in [6, 6.07) is 9.75. The van der Waals surface area contributed by atoms with E-state index in [9.17, 15) is 0 Å². The Morgan fingerprint density at radius 1 is 1.24 bits per heavy atom. The maximum absolute atomic E-state index is 5.48. The molecule has 2 aromatic rings. The van der Waals surface area contributed by atoms with E-state index in [1.807, 2.05) is 37.3 Å². The molecule has 0 amide bonds. The fourth-order valence-electron chi connectivity index (χ4n) is 1.53. The Bertz CT molecular complexity index is 500. The number of ether oxygens (including phenoxy) is 1. The summed E-state index contributed by atoms with van der Waals surface area (Å²) in [5, 5.41) is 0. The highest BCUT2D eigenvalue weighted by molar-refractivity contribution is 5.61. The lowest BCUT2D eigenvalue weighted by Gasteiger charge is -2.06. The van der Waals surface area contributed by atoms with Crippen LogP contribution in [0.25, 0.3) is 11.3 Å². The average molecular weight is 229 g/mol. The van der Waals surface area contributed by atoms with Gasteiger partial charge >= 0.3 is 0 Å². The van der Waals surface area contributed by atoms with Gasteiger partial charge in [0.2, 0.25) is 0 Å². The molecule has 0 spiro atoms. The molecule has 0 radical (unpaired) electrons. The van der Waals surface area contributed by atoms with Crippen molar-refractivity contribution in [1.82, 2.24) is 9.97 Å². The molecule has 0 aliphatic heterocycles. The number of benzene rings is 1. The van der Waals surface area contributed by atoms with E-state index >= 15 is 0 Å². The zero-order chi connectivity index (χ0) is 12.1. The molecule has 1 heterocycles. The Labute approximate surface area is 100 Å². The molecule has 88 valence electrons. The van der Waals surface area contributed by atoms with Crippen LogP contribution in [0, 0.1) is 6.92 Å².